The maximum atomic E-state index is 5.17. The van der Waals surface area contributed by atoms with E-state index in [9.17, 15) is 0 Å². The minimum atomic E-state index is 0. The largest absolute Gasteiger partial charge is 0.329 e. The van der Waals surface area contributed by atoms with Crippen LogP contribution in [-0.4, -0.2) is 25.2 Å². The van der Waals surface area contributed by atoms with Crippen LogP contribution in [0, 0.1) is 0 Å². The van der Waals surface area contributed by atoms with Crippen LogP contribution in [-0.2, 0) is 21.1 Å². The molecule has 0 saturated heterocycles. The van der Waals surface area contributed by atoms with Crippen LogP contribution >= 0.6 is 0 Å². The van der Waals surface area contributed by atoms with Crippen molar-refractivity contribution in [3.63, 3.8) is 0 Å². The first-order valence-electron chi connectivity index (χ1n) is 3.45. The van der Waals surface area contributed by atoms with Gasteiger partial charge >= 0.3 is 0 Å². The van der Waals surface area contributed by atoms with E-state index in [1.165, 1.54) is 0 Å². The molecule has 0 heterocycles. The standard InChI is InChI=1S/2C3H10N2.Pt/c2*1-3(5)2-4;/h2*3H,2,4-5H2,1H3;. The SMILES string of the molecule is CC(N)CN.CC(N)CN.[Pt]. The minimum absolute atomic E-state index is 0. The Morgan fingerprint density at radius 2 is 1.00 bits per heavy atom. The van der Waals surface area contributed by atoms with E-state index in [0.717, 1.165) is 0 Å². The van der Waals surface area contributed by atoms with Crippen molar-refractivity contribution in [3.05, 3.63) is 0 Å². The van der Waals surface area contributed by atoms with Crippen molar-refractivity contribution >= 4 is 0 Å². The van der Waals surface area contributed by atoms with Crippen LogP contribution in [0.25, 0.3) is 0 Å². The van der Waals surface area contributed by atoms with Gasteiger partial charge in [0.15, 0.2) is 0 Å². The Morgan fingerprint density at radius 3 is 1.00 bits per heavy atom. The quantitative estimate of drug-likeness (QED) is 0.494. The van der Waals surface area contributed by atoms with Gasteiger partial charge in [-0.3, -0.25) is 0 Å². The fourth-order valence-corrected chi connectivity index (χ4v) is 0. The van der Waals surface area contributed by atoms with Crippen LogP contribution in [0.2, 0.25) is 0 Å². The second kappa shape index (κ2) is 13.1. The number of hydrogen-bond donors (Lipinski definition) is 4. The minimum Gasteiger partial charge on any atom is -0.329 e. The zero-order valence-corrected chi connectivity index (χ0v) is 9.47. The molecular weight excluding hydrogens is 323 g/mol. The molecule has 0 fully saturated rings. The predicted molar refractivity (Wildman–Crippen MR) is 45.4 cm³/mol. The predicted octanol–water partition coefficient (Wildman–Crippen LogP) is -1.42. The zero-order chi connectivity index (χ0) is 8.57. The maximum Gasteiger partial charge on any atom is 0.0134 e. The van der Waals surface area contributed by atoms with Crippen molar-refractivity contribution in [2.24, 2.45) is 22.9 Å². The molecule has 4 nitrogen and oxygen atoms in total. The van der Waals surface area contributed by atoms with Crippen molar-refractivity contribution < 1.29 is 21.1 Å². The van der Waals surface area contributed by atoms with Crippen molar-refractivity contribution in [2.75, 3.05) is 13.1 Å². The fraction of sp³-hybridized carbons (Fsp3) is 1.00. The molecule has 0 aliphatic carbocycles. The van der Waals surface area contributed by atoms with E-state index in [1.807, 2.05) is 13.8 Å². The molecule has 0 aromatic heterocycles. The van der Waals surface area contributed by atoms with Gasteiger partial charge in [0.05, 0.1) is 0 Å². The second-order valence-electron chi connectivity index (χ2n) is 2.43. The summed E-state index contributed by atoms with van der Waals surface area (Å²) in [6, 6.07) is 0.324. The first kappa shape index (κ1) is 17.6. The van der Waals surface area contributed by atoms with Gasteiger partial charge in [0.2, 0.25) is 0 Å². The van der Waals surface area contributed by atoms with Gasteiger partial charge in [0.25, 0.3) is 0 Å². The maximum absolute atomic E-state index is 5.17. The molecule has 0 bridgehead atoms. The summed E-state index contributed by atoms with van der Waals surface area (Å²) in [7, 11) is 0. The zero-order valence-electron chi connectivity index (χ0n) is 7.19. The topological polar surface area (TPSA) is 104 Å². The Labute approximate surface area is 83.3 Å². The van der Waals surface area contributed by atoms with Gasteiger partial charge < -0.3 is 22.9 Å². The number of hydrogen-bond acceptors (Lipinski definition) is 4. The normalized spacial score (nSPS) is 13.6. The average molecular weight is 343 g/mol. The smallest absolute Gasteiger partial charge is 0.0134 e. The Morgan fingerprint density at radius 1 is 0.909 bits per heavy atom. The van der Waals surface area contributed by atoms with Gasteiger partial charge in [-0.25, -0.2) is 0 Å². The Bertz CT molecular complexity index is 50.5. The molecule has 2 atom stereocenters. The molecule has 0 rings (SSSR count). The van der Waals surface area contributed by atoms with E-state index in [1.54, 1.807) is 0 Å². The van der Waals surface area contributed by atoms with E-state index in [0.29, 0.717) is 13.1 Å². The molecule has 2 unspecified atom stereocenters. The summed E-state index contributed by atoms with van der Waals surface area (Å²) in [6.45, 7) is 4.92. The van der Waals surface area contributed by atoms with Crippen molar-refractivity contribution in [2.45, 2.75) is 25.9 Å². The van der Waals surface area contributed by atoms with Crippen LogP contribution < -0.4 is 22.9 Å². The Hall–Kier alpha value is 0.528. The number of rotatable bonds is 2. The molecule has 74 valence electrons. The molecule has 0 aromatic carbocycles. The summed E-state index contributed by atoms with van der Waals surface area (Å²) in [5.74, 6) is 0. The first-order chi connectivity index (χ1) is 4.54. The van der Waals surface area contributed by atoms with Gasteiger partial charge in [-0.2, -0.15) is 0 Å². The molecule has 0 aromatic rings. The third kappa shape index (κ3) is 37.3. The van der Waals surface area contributed by atoms with Gasteiger partial charge in [-0.15, -0.1) is 0 Å². The third-order valence-corrected chi connectivity index (χ3v) is 0.744. The van der Waals surface area contributed by atoms with E-state index < -0.39 is 0 Å². The molecule has 0 spiro atoms. The summed E-state index contributed by atoms with van der Waals surface area (Å²) in [6.07, 6.45) is 0. The molecule has 8 N–H and O–H groups in total. The van der Waals surface area contributed by atoms with E-state index >= 15 is 0 Å². The summed E-state index contributed by atoms with van der Waals surface area (Å²) >= 11 is 0. The number of nitrogens with two attached hydrogens (primary N) is 4. The molecule has 0 aliphatic rings. The molecule has 0 saturated carbocycles. The van der Waals surface area contributed by atoms with Crippen molar-refractivity contribution in [1.82, 2.24) is 0 Å². The van der Waals surface area contributed by atoms with E-state index in [4.69, 9.17) is 22.9 Å². The van der Waals surface area contributed by atoms with Gasteiger partial charge in [-0.05, 0) is 13.8 Å². The monoisotopic (exact) mass is 343 g/mol. The van der Waals surface area contributed by atoms with Crippen LogP contribution in [0.3, 0.4) is 0 Å². The van der Waals surface area contributed by atoms with Crippen molar-refractivity contribution in [3.8, 4) is 0 Å². The molecular formula is C6H20N4Pt. The second-order valence-corrected chi connectivity index (χ2v) is 2.43. The fourth-order valence-electron chi connectivity index (χ4n) is 0. The van der Waals surface area contributed by atoms with Crippen molar-refractivity contribution in [1.29, 1.82) is 0 Å². The Balaban J connectivity index is -0.000000107. The van der Waals surface area contributed by atoms with Crippen LogP contribution in [0.4, 0.5) is 0 Å². The summed E-state index contributed by atoms with van der Waals surface area (Å²) in [4.78, 5) is 0. The van der Waals surface area contributed by atoms with E-state index in [2.05, 4.69) is 0 Å². The van der Waals surface area contributed by atoms with Gasteiger partial charge in [-0.1, -0.05) is 0 Å². The summed E-state index contributed by atoms with van der Waals surface area (Å²) < 4.78 is 0. The third-order valence-electron chi connectivity index (χ3n) is 0.744. The first-order valence-corrected chi connectivity index (χ1v) is 3.45. The molecule has 0 aliphatic heterocycles. The Kier molecular flexibility index (Phi) is 21.0. The van der Waals surface area contributed by atoms with E-state index in [-0.39, 0.29) is 33.1 Å². The van der Waals surface area contributed by atoms with Gasteiger partial charge in [0.1, 0.15) is 0 Å². The van der Waals surface area contributed by atoms with Gasteiger partial charge in [0, 0.05) is 46.2 Å². The van der Waals surface area contributed by atoms with Crippen LogP contribution in [0.5, 0.6) is 0 Å². The molecule has 11 heavy (non-hydrogen) atoms. The molecule has 5 heteroatoms. The van der Waals surface area contributed by atoms with Crippen LogP contribution in [0.15, 0.2) is 0 Å². The average Bonchev–Trinajstić information content (AvgIpc) is 1.89. The molecule has 0 radical (unpaired) electrons. The molecule has 0 amide bonds. The summed E-state index contributed by atoms with van der Waals surface area (Å²) in [5, 5.41) is 0. The summed E-state index contributed by atoms with van der Waals surface area (Å²) in [5.41, 5.74) is 20.4. The van der Waals surface area contributed by atoms with Crippen LogP contribution in [0.1, 0.15) is 13.8 Å².